The van der Waals surface area contributed by atoms with Crippen molar-refractivity contribution >= 4 is 7.27 Å². The zero-order valence-corrected chi connectivity index (χ0v) is 7.85. The quantitative estimate of drug-likeness (QED) is 0.481. The van der Waals surface area contributed by atoms with Crippen LogP contribution >= 0.6 is 0 Å². The number of hydrogen-bond acceptors (Lipinski definition) is 2. The van der Waals surface area contributed by atoms with Crippen LogP contribution in [0.2, 0.25) is 0 Å². The Labute approximate surface area is 78.4 Å². The molecule has 5 heteroatoms. The van der Waals surface area contributed by atoms with E-state index >= 15 is 0 Å². The Kier molecular flexibility index (Phi) is 5.31. The summed E-state index contributed by atoms with van der Waals surface area (Å²) in [7, 11) is -2.33. The highest BCUT2D eigenvalue weighted by Gasteiger charge is 2.13. The molecule has 0 N–H and O–H groups in total. The maximum Gasteiger partial charge on any atom is 0.563 e. The lowest BCUT2D eigenvalue weighted by Crippen LogP contribution is -2.33. The average Bonchev–Trinajstić information content (AvgIpc) is 2.14. The lowest BCUT2D eigenvalue weighted by molar-refractivity contribution is 0.117. The maximum absolute atomic E-state index is 11.7. The molecule has 0 unspecified atom stereocenters. The molecule has 13 heavy (non-hydrogen) atoms. The Morgan fingerprint density at radius 2 is 1.85 bits per heavy atom. The molecule has 1 fully saturated rings. The molecule has 76 valence electrons. The van der Waals surface area contributed by atoms with Crippen molar-refractivity contribution < 1.29 is 13.4 Å². The van der Waals surface area contributed by atoms with E-state index in [0.29, 0.717) is 6.61 Å². The Bertz CT molecular complexity index is 131. The molecule has 0 amide bonds. The van der Waals surface area contributed by atoms with Crippen LogP contribution in [0.5, 0.6) is 0 Å². The van der Waals surface area contributed by atoms with E-state index < -0.39 is 13.8 Å². The van der Waals surface area contributed by atoms with E-state index in [1.54, 1.807) is 0 Å². The minimum atomic E-state index is -2.33. The predicted molar refractivity (Wildman–Crippen MR) is 49.1 cm³/mol. The fourth-order valence-corrected chi connectivity index (χ4v) is 1.55. The van der Waals surface area contributed by atoms with Crippen LogP contribution in [-0.4, -0.2) is 44.9 Å². The van der Waals surface area contributed by atoms with Crippen LogP contribution in [0.15, 0.2) is 0 Å². The predicted octanol–water partition coefficient (Wildman–Crippen LogP) is 1.46. The third-order valence-electron chi connectivity index (χ3n) is 2.24. The van der Waals surface area contributed by atoms with Crippen LogP contribution in [0.3, 0.4) is 0 Å². The second-order valence-electron chi connectivity index (χ2n) is 3.37. The molecule has 0 aromatic carbocycles. The van der Waals surface area contributed by atoms with Gasteiger partial charge >= 0.3 is 7.27 Å². The third-order valence-corrected chi connectivity index (χ3v) is 2.24. The molecule has 2 nitrogen and oxygen atoms in total. The largest absolute Gasteiger partial charge is 0.563 e. The fourth-order valence-electron chi connectivity index (χ4n) is 1.55. The number of nitrogens with zero attached hydrogens (tertiary/aromatic N) is 1. The van der Waals surface area contributed by atoms with Crippen molar-refractivity contribution in [3.05, 3.63) is 0 Å². The van der Waals surface area contributed by atoms with Gasteiger partial charge in [0.25, 0.3) is 0 Å². The molecular formula is C8H16BF2NO. The highest BCUT2D eigenvalue weighted by molar-refractivity contribution is 6.42. The first-order valence-electron chi connectivity index (χ1n) is 4.87. The summed E-state index contributed by atoms with van der Waals surface area (Å²) in [5.74, 6) is 0. The van der Waals surface area contributed by atoms with E-state index in [4.69, 9.17) is 4.74 Å². The highest BCUT2D eigenvalue weighted by atomic mass is 19.2. The number of likely N-dealkylation sites (tertiary alicyclic amines) is 1. The molecule has 0 aromatic rings. The van der Waals surface area contributed by atoms with Crippen molar-refractivity contribution in [3.8, 4) is 0 Å². The SMILES string of the molecule is FB(F)COCCN1CCCCC1. The maximum atomic E-state index is 11.7. The van der Waals surface area contributed by atoms with Crippen LogP contribution in [0.1, 0.15) is 19.3 Å². The summed E-state index contributed by atoms with van der Waals surface area (Å²) in [5, 5.41) is 0. The van der Waals surface area contributed by atoms with Crippen LogP contribution in [0.4, 0.5) is 8.63 Å². The smallest absolute Gasteiger partial charge is 0.382 e. The Hall–Kier alpha value is -0.155. The van der Waals surface area contributed by atoms with Gasteiger partial charge in [-0.15, -0.1) is 0 Å². The third kappa shape index (κ3) is 5.21. The van der Waals surface area contributed by atoms with Gasteiger partial charge in [-0.05, 0) is 25.9 Å². The molecule has 0 spiro atoms. The summed E-state index contributed by atoms with van der Waals surface area (Å²) in [6.45, 7) is 3.00. The standard InChI is InChI=1S/C8H16BF2NO/c10-9(11)8-13-7-6-12-4-2-1-3-5-12/h1-8H2. The van der Waals surface area contributed by atoms with Crippen molar-refractivity contribution in [1.82, 2.24) is 4.90 Å². The van der Waals surface area contributed by atoms with Crippen molar-refractivity contribution in [2.75, 3.05) is 32.7 Å². The summed E-state index contributed by atoms with van der Waals surface area (Å²) in [6.07, 6.45) is 3.76. The van der Waals surface area contributed by atoms with Gasteiger partial charge in [-0.25, -0.2) is 0 Å². The number of halogens is 2. The fraction of sp³-hybridized carbons (Fsp3) is 1.00. The second-order valence-corrected chi connectivity index (χ2v) is 3.37. The van der Waals surface area contributed by atoms with Crippen LogP contribution in [-0.2, 0) is 4.74 Å². The molecule has 0 aromatic heterocycles. The van der Waals surface area contributed by atoms with E-state index in [2.05, 4.69) is 4.90 Å². The molecule has 0 saturated carbocycles. The van der Waals surface area contributed by atoms with Gasteiger partial charge in [-0.1, -0.05) is 6.42 Å². The topological polar surface area (TPSA) is 12.5 Å². The van der Waals surface area contributed by atoms with E-state index in [1.165, 1.54) is 19.3 Å². The van der Waals surface area contributed by atoms with Gasteiger partial charge in [0.2, 0.25) is 0 Å². The summed E-state index contributed by atoms with van der Waals surface area (Å²) in [5.41, 5.74) is 0. The van der Waals surface area contributed by atoms with Gasteiger partial charge < -0.3 is 9.64 Å². The minimum Gasteiger partial charge on any atom is -0.382 e. The number of ether oxygens (including phenoxy) is 1. The summed E-state index contributed by atoms with van der Waals surface area (Å²) < 4.78 is 28.1. The molecule has 0 aliphatic carbocycles. The summed E-state index contributed by atoms with van der Waals surface area (Å²) >= 11 is 0. The number of rotatable bonds is 5. The monoisotopic (exact) mass is 191 g/mol. The first-order valence-corrected chi connectivity index (χ1v) is 4.87. The van der Waals surface area contributed by atoms with Crippen molar-refractivity contribution in [2.45, 2.75) is 19.3 Å². The van der Waals surface area contributed by atoms with Gasteiger partial charge in [0, 0.05) is 6.54 Å². The second kappa shape index (κ2) is 6.32. The molecular weight excluding hydrogens is 175 g/mol. The van der Waals surface area contributed by atoms with E-state index in [9.17, 15) is 8.63 Å². The molecule has 1 aliphatic rings. The van der Waals surface area contributed by atoms with E-state index in [0.717, 1.165) is 19.6 Å². The van der Waals surface area contributed by atoms with Crippen molar-refractivity contribution in [3.63, 3.8) is 0 Å². The lowest BCUT2D eigenvalue weighted by Gasteiger charge is -2.25. The highest BCUT2D eigenvalue weighted by Crippen LogP contribution is 2.07. The van der Waals surface area contributed by atoms with Crippen LogP contribution < -0.4 is 0 Å². The first-order chi connectivity index (χ1) is 6.29. The van der Waals surface area contributed by atoms with Crippen LogP contribution in [0.25, 0.3) is 0 Å². The zero-order chi connectivity index (χ0) is 9.52. The lowest BCUT2D eigenvalue weighted by atomic mass is 10.0. The molecule has 1 heterocycles. The molecule has 1 aliphatic heterocycles. The molecule has 0 bridgehead atoms. The van der Waals surface area contributed by atoms with Gasteiger partial charge in [0.15, 0.2) is 0 Å². The van der Waals surface area contributed by atoms with Gasteiger partial charge in [0.1, 0.15) is 0 Å². The van der Waals surface area contributed by atoms with Gasteiger partial charge in [-0.3, -0.25) is 8.63 Å². The van der Waals surface area contributed by atoms with Gasteiger partial charge in [-0.2, -0.15) is 0 Å². The van der Waals surface area contributed by atoms with Crippen molar-refractivity contribution in [1.29, 1.82) is 0 Å². The van der Waals surface area contributed by atoms with E-state index in [1.807, 2.05) is 0 Å². The Morgan fingerprint density at radius 1 is 1.15 bits per heavy atom. The number of hydrogen-bond donors (Lipinski definition) is 0. The summed E-state index contributed by atoms with van der Waals surface area (Å²) in [4.78, 5) is 2.27. The Morgan fingerprint density at radius 3 is 2.46 bits per heavy atom. The van der Waals surface area contributed by atoms with Crippen LogP contribution in [0, 0.1) is 0 Å². The number of piperidine rings is 1. The Balaban J connectivity index is 1.92. The molecule has 0 radical (unpaired) electrons. The van der Waals surface area contributed by atoms with Crippen molar-refractivity contribution in [2.24, 2.45) is 0 Å². The van der Waals surface area contributed by atoms with E-state index in [-0.39, 0.29) is 0 Å². The summed E-state index contributed by atoms with van der Waals surface area (Å²) in [6, 6.07) is 0. The molecule has 1 saturated heterocycles. The normalized spacial score (nSPS) is 18.9. The average molecular weight is 191 g/mol. The molecule has 1 rings (SSSR count). The molecule has 0 atom stereocenters. The minimum absolute atomic E-state index is 0.423. The first kappa shape index (κ1) is 10.9. The zero-order valence-electron chi connectivity index (χ0n) is 7.85. The van der Waals surface area contributed by atoms with Gasteiger partial charge in [0.05, 0.1) is 13.1 Å².